The lowest BCUT2D eigenvalue weighted by Crippen LogP contribution is -2.66. The molecular weight excluding hydrogens is 310 g/mol. The second-order valence-electron chi connectivity index (χ2n) is 9.38. The Bertz CT molecular complexity index is 611. The van der Waals surface area contributed by atoms with E-state index in [0.29, 0.717) is 23.6 Å². The van der Waals surface area contributed by atoms with Crippen molar-refractivity contribution in [1.29, 1.82) is 0 Å². The Morgan fingerprint density at radius 2 is 1.92 bits per heavy atom. The molecule has 2 bridgehead atoms. The molecule has 0 unspecified atom stereocenters. The van der Waals surface area contributed by atoms with E-state index in [-0.39, 0.29) is 11.2 Å². The van der Waals surface area contributed by atoms with Crippen LogP contribution in [-0.4, -0.2) is 22.4 Å². The Kier molecular flexibility index (Phi) is 4.36. The van der Waals surface area contributed by atoms with Gasteiger partial charge in [0.2, 0.25) is 0 Å². The molecule has 0 amide bonds. The summed E-state index contributed by atoms with van der Waals surface area (Å²) in [5.41, 5.74) is 7.84. The highest BCUT2D eigenvalue weighted by molar-refractivity contribution is 5.26. The third-order valence-electron chi connectivity index (χ3n) is 7.32. The molecule has 2 heterocycles. The van der Waals surface area contributed by atoms with Crippen molar-refractivity contribution in [3.63, 3.8) is 0 Å². The fourth-order valence-corrected chi connectivity index (χ4v) is 6.19. The van der Waals surface area contributed by atoms with Crippen molar-refractivity contribution in [2.75, 3.05) is 0 Å². The van der Waals surface area contributed by atoms with Crippen molar-refractivity contribution in [1.82, 2.24) is 0 Å². The summed E-state index contributed by atoms with van der Waals surface area (Å²) in [6.07, 6.45) is 9.76. The fourth-order valence-electron chi connectivity index (χ4n) is 6.19. The molecule has 2 aliphatic heterocycles. The summed E-state index contributed by atoms with van der Waals surface area (Å²) < 4.78 is 6.77. The lowest BCUT2D eigenvalue weighted by molar-refractivity contribution is -0.268. The van der Waals surface area contributed by atoms with Crippen LogP contribution >= 0.6 is 0 Å². The Balaban J connectivity index is 1.48. The zero-order valence-electron chi connectivity index (χ0n) is 15.7. The number of rotatable bonds is 3. The Labute approximate surface area is 152 Å². The van der Waals surface area contributed by atoms with Crippen molar-refractivity contribution < 1.29 is 9.84 Å². The van der Waals surface area contributed by atoms with Crippen LogP contribution in [0.15, 0.2) is 24.3 Å². The van der Waals surface area contributed by atoms with Gasteiger partial charge >= 0.3 is 0 Å². The predicted octanol–water partition coefficient (Wildman–Crippen LogP) is 4.42. The Hall–Kier alpha value is -1.06. The highest BCUT2D eigenvalue weighted by atomic mass is 16.5. The molecule has 2 saturated heterocycles. The van der Waals surface area contributed by atoms with Crippen LogP contribution in [0.3, 0.4) is 0 Å². The second-order valence-corrected chi connectivity index (χ2v) is 9.38. The number of benzene rings is 1. The van der Waals surface area contributed by atoms with Gasteiger partial charge in [0.1, 0.15) is 5.75 Å². The van der Waals surface area contributed by atoms with Crippen molar-refractivity contribution >= 4 is 0 Å². The topological polar surface area (TPSA) is 55.5 Å². The number of aromatic hydroxyl groups is 1. The lowest BCUT2D eigenvalue weighted by Gasteiger charge is -2.61. The first-order valence-electron chi connectivity index (χ1n) is 10.1. The van der Waals surface area contributed by atoms with Crippen LogP contribution in [0.2, 0.25) is 0 Å². The van der Waals surface area contributed by atoms with E-state index in [1.54, 1.807) is 12.1 Å². The molecular formula is C22H33NO2. The van der Waals surface area contributed by atoms with Gasteiger partial charge in [0, 0.05) is 12.0 Å². The molecule has 4 fully saturated rings. The van der Waals surface area contributed by atoms with Gasteiger partial charge in [0.05, 0.1) is 11.2 Å². The van der Waals surface area contributed by atoms with Crippen LogP contribution in [0.25, 0.3) is 0 Å². The van der Waals surface area contributed by atoms with Gasteiger partial charge in [-0.3, -0.25) is 0 Å². The molecule has 0 aromatic heterocycles. The fraction of sp³-hybridized carbons (Fsp3) is 0.727. The molecule has 2 aliphatic carbocycles. The highest BCUT2D eigenvalue weighted by Crippen LogP contribution is 2.55. The average Bonchev–Trinajstić information content (AvgIpc) is 2.56. The van der Waals surface area contributed by atoms with Gasteiger partial charge < -0.3 is 15.6 Å². The van der Waals surface area contributed by atoms with Crippen LogP contribution in [0.4, 0.5) is 0 Å². The summed E-state index contributed by atoms with van der Waals surface area (Å²) in [7, 11) is 0. The monoisotopic (exact) mass is 343 g/mol. The first kappa shape index (κ1) is 17.4. The van der Waals surface area contributed by atoms with E-state index in [1.165, 1.54) is 44.1 Å². The molecule has 25 heavy (non-hydrogen) atoms. The third kappa shape index (κ3) is 3.21. The highest BCUT2D eigenvalue weighted by Gasteiger charge is 2.57. The molecule has 3 heteroatoms. The van der Waals surface area contributed by atoms with Crippen LogP contribution in [0, 0.1) is 17.8 Å². The number of phenols is 1. The van der Waals surface area contributed by atoms with Gasteiger partial charge in [-0.05, 0) is 81.9 Å². The maximum absolute atomic E-state index is 9.49. The molecule has 1 aromatic rings. The SMILES string of the molecule is CC1(C)O[C@@]2([C@@H]3CCC[C@@H](Cc4ccc(O)cc4)C3)CC[C@H]1[C@H](N)C2. The standard InChI is InChI=1S/C22H33NO2/c1-21(2)19-10-11-22(25-21,14-20(19)23)17-5-3-4-16(13-17)12-15-6-8-18(24)9-7-15/h6-9,16-17,19-20,24H,3-5,10-14,23H2,1-2H3/t16-,17+,19-,20+,22-/m0/s1. The number of fused-ring (bicyclic) bond motifs is 3. The average molecular weight is 344 g/mol. The molecule has 5 atom stereocenters. The number of hydrogen-bond acceptors (Lipinski definition) is 3. The molecule has 3 N–H and O–H groups in total. The summed E-state index contributed by atoms with van der Waals surface area (Å²) >= 11 is 0. The van der Waals surface area contributed by atoms with Crippen LogP contribution in [-0.2, 0) is 11.2 Å². The van der Waals surface area contributed by atoms with E-state index in [2.05, 4.69) is 26.0 Å². The van der Waals surface area contributed by atoms with Gasteiger partial charge in [-0.1, -0.05) is 25.0 Å². The largest absolute Gasteiger partial charge is 0.508 e. The number of nitrogens with two attached hydrogens (primary N) is 1. The zero-order chi connectivity index (χ0) is 17.7. The molecule has 138 valence electrons. The molecule has 0 spiro atoms. The van der Waals surface area contributed by atoms with E-state index < -0.39 is 0 Å². The van der Waals surface area contributed by atoms with E-state index in [0.717, 1.165) is 18.8 Å². The van der Waals surface area contributed by atoms with Gasteiger partial charge in [-0.25, -0.2) is 0 Å². The van der Waals surface area contributed by atoms with E-state index >= 15 is 0 Å². The number of hydrogen-bond donors (Lipinski definition) is 2. The summed E-state index contributed by atoms with van der Waals surface area (Å²) in [6.45, 7) is 4.50. The van der Waals surface area contributed by atoms with Gasteiger partial charge in [-0.2, -0.15) is 0 Å². The van der Waals surface area contributed by atoms with Gasteiger partial charge in [-0.15, -0.1) is 0 Å². The minimum absolute atomic E-state index is 0.0191. The molecule has 5 rings (SSSR count). The second kappa shape index (κ2) is 6.28. The summed E-state index contributed by atoms with van der Waals surface area (Å²) in [5.74, 6) is 2.24. The predicted molar refractivity (Wildman–Crippen MR) is 100 cm³/mol. The van der Waals surface area contributed by atoms with Crippen molar-refractivity contribution in [2.45, 2.75) is 82.5 Å². The van der Waals surface area contributed by atoms with Crippen LogP contribution in [0.5, 0.6) is 5.75 Å². The third-order valence-corrected chi connectivity index (χ3v) is 7.32. The normalized spacial score (nSPS) is 40.1. The van der Waals surface area contributed by atoms with E-state index in [9.17, 15) is 5.11 Å². The minimum atomic E-state index is -0.0696. The van der Waals surface area contributed by atoms with Crippen molar-refractivity contribution in [3.8, 4) is 5.75 Å². The number of phenolic OH excluding ortho intramolecular Hbond substituents is 1. The smallest absolute Gasteiger partial charge is 0.115 e. The molecule has 3 nitrogen and oxygen atoms in total. The van der Waals surface area contributed by atoms with Crippen LogP contribution < -0.4 is 5.73 Å². The summed E-state index contributed by atoms with van der Waals surface area (Å²) in [5, 5.41) is 9.49. The molecule has 2 saturated carbocycles. The first-order chi connectivity index (χ1) is 11.9. The molecule has 4 aliphatic rings. The maximum atomic E-state index is 9.49. The minimum Gasteiger partial charge on any atom is -0.508 e. The van der Waals surface area contributed by atoms with Crippen molar-refractivity contribution in [2.24, 2.45) is 23.5 Å². The summed E-state index contributed by atoms with van der Waals surface area (Å²) in [6, 6.07) is 8.05. The zero-order valence-corrected chi connectivity index (χ0v) is 15.7. The van der Waals surface area contributed by atoms with E-state index in [4.69, 9.17) is 10.5 Å². The quantitative estimate of drug-likeness (QED) is 0.854. The van der Waals surface area contributed by atoms with Gasteiger partial charge in [0.25, 0.3) is 0 Å². The molecule has 1 aromatic carbocycles. The van der Waals surface area contributed by atoms with Crippen LogP contribution in [0.1, 0.15) is 64.4 Å². The van der Waals surface area contributed by atoms with Crippen molar-refractivity contribution in [3.05, 3.63) is 29.8 Å². The first-order valence-corrected chi connectivity index (χ1v) is 10.1. The summed E-state index contributed by atoms with van der Waals surface area (Å²) in [4.78, 5) is 0. The van der Waals surface area contributed by atoms with Gasteiger partial charge in [0.15, 0.2) is 0 Å². The Morgan fingerprint density at radius 3 is 2.60 bits per heavy atom. The maximum Gasteiger partial charge on any atom is 0.115 e. The Morgan fingerprint density at radius 1 is 1.16 bits per heavy atom. The van der Waals surface area contributed by atoms with E-state index in [1.807, 2.05) is 0 Å². The lowest BCUT2D eigenvalue weighted by atomic mass is 9.59. The number of ether oxygens (including phenoxy) is 1. The molecule has 0 radical (unpaired) electrons.